The molecular formula is C14H18O3. The number of unbranched alkanes of at least 4 members (excludes halogenated alkanes) is 1. The molecule has 0 bridgehead atoms. The highest BCUT2D eigenvalue weighted by Gasteiger charge is 2.21. The van der Waals surface area contributed by atoms with E-state index >= 15 is 0 Å². The van der Waals surface area contributed by atoms with Gasteiger partial charge in [-0.15, -0.1) is 6.58 Å². The van der Waals surface area contributed by atoms with Crippen molar-refractivity contribution in [1.29, 1.82) is 0 Å². The van der Waals surface area contributed by atoms with Crippen LogP contribution in [0.15, 0.2) is 36.9 Å². The van der Waals surface area contributed by atoms with E-state index in [0.29, 0.717) is 17.5 Å². The summed E-state index contributed by atoms with van der Waals surface area (Å²) >= 11 is 0. The standard InChI is InChI=1S/C14H18O3/c1-2-3-4-9-13(14(16)17)12-8-6-5-7-11(12)10-15/h2,5-8,13,15H,1,3-4,9-10H2,(H,16,17). The van der Waals surface area contributed by atoms with Gasteiger partial charge in [-0.25, -0.2) is 0 Å². The Balaban J connectivity index is 2.88. The van der Waals surface area contributed by atoms with E-state index in [2.05, 4.69) is 6.58 Å². The van der Waals surface area contributed by atoms with Gasteiger partial charge in [0.05, 0.1) is 12.5 Å². The van der Waals surface area contributed by atoms with Crippen LogP contribution in [0.5, 0.6) is 0 Å². The summed E-state index contributed by atoms with van der Waals surface area (Å²) in [4.78, 5) is 11.3. The third-order valence-electron chi connectivity index (χ3n) is 2.80. The second kappa shape index (κ2) is 6.86. The van der Waals surface area contributed by atoms with Crippen molar-refractivity contribution >= 4 is 5.97 Å². The normalized spacial score (nSPS) is 12.1. The van der Waals surface area contributed by atoms with Crippen LogP contribution in [0.25, 0.3) is 0 Å². The van der Waals surface area contributed by atoms with Crippen LogP contribution in [0.3, 0.4) is 0 Å². The molecule has 0 heterocycles. The minimum Gasteiger partial charge on any atom is -0.481 e. The van der Waals surface area contributed by atoms with Crippen LogP contribution in [0.4, 0.5) is 0 Å². The molecule has 2 N–H and O–H groups in total. The smallest absolute Gasteiger partial charge is 0.310 e. The molecule has 0 aliphatic rings. The van der Waals surface area contributed by atoms with Crippen LogP contribution in [0.2, 0.25) is 0 Å². The Morgan fingerprint density at radius 2 is 2.12 bits per heavy atom. The highest BCUT2D eigenvalue weighted by molar-refractivity contribution is 5.76. The lowest BCUT2D eigenvalue weighted by molar-refractivity contribution is -0.139. The fourth-order valence-corrected chi connectivity index (χ4v) is 1.90. The number of rotatable bonds is 7. The van der Waals surface area contributed by atoms with Gasteiger partial charge in [-0.1, -0.05) is 30.3 Å². The zero-order valence-electron chi connectivity index (χ0n) is 9.80. The molecule has 0 radical (unpaired) electrons. The number of aliphatic hydroxyl groups is 1. The van der Waals surface area contributed by atoms with Gasteiger partial charge < -0.3 is 10.2 Å². The van der Waals surface area contributed by atoms with Gasteiger partial charge in [0.15, 0.2) is 0 Å². The monoisotopic (exact) mass is 234 g/mol. The first-order valence-corrected chi connectivity index (χ1v) is 5.73. The van der Waals surface area contributed by atoms with Crippen molar-refractivity contribution in [3.05, 3.63) is 48.0 Å². The van der Waals surface area contributed by atoms with Crippen molar-refractivity contribution in [2.45, 2.75) is 31.8 Å². The molecule has 0 aromatic heterocycles. The fourth-order valence-electron chi connectivity index (χ4n) is 1.90. The molecule has 0 fully saturated rings. The summed E-state index contributed by atoms with van der Waals surface area (Å²) in [5.74, 6) is -1.38. The van der Waals surface area contributed by atoms with Gasteiger partial charge >= 0.3 is 5.97 Å². The van der Waals surface area contributed by atoms with Gasteiger partial charge in [0.2, 0.25) is 0 Å². The van der Waals surface area contributed by atoms with Crippen LogP contribution in [0, 0.1) is 0 Å². The molecule has 0 aliphatic heterocycles. The number of carbonyl (C=O) groups is 1. The number of hydrogen-bond acceptors (Lipinski definition) is 2. The Kier molecular flexibility index (Phi) is 5.43. The number of carboxylic acids is 1. The maximum absolute atomic E-state index is 11.3. The van der Waals surface area contributed by atoms with Crippen LogP contribution in [0.1, 0.15) is 36.3 Å². The Labute approximate surface area is 101 Å². The van der Waals surface area contributed by atoms with Gasteiger partial charge in [-0.3, -0.25) is 4.79 Å². The minimum absolute atomic E-state index is 0.124. The molecular weight excluding hydrogens is 216 g/mol. The number of benzene rings is 1. The van der Waals surface area contributed by atoms with E-state index in [0.717, 1.165) is 12.8 Å². The molecule has 0 amide bonds. The van der Waals surface area contributed by atoms with E-state index in [1.807, 2.05) is 0 Å². The lowest BCUT2D eigenvalue weighted by Crippen LogP contribution is -2.13. The Morgan fingerprint density at radius 3 is 2.71 bits per heavy atom. The Morgan fingerprint density at radius 1 is 1.41 bits per heavy atom. The summed E-state index contributed by atoms with van der Waals surface area (Å²) in [6.07, 6.45) is 3.96. The van der Waals surface area contributed by atoms with E-state index in [-0.39, 0.29) is 6.61 Å². The van der Waals surface area contributed by atoms with E-state index in [1.54, 1.807) is 30.3 Å². The molecule has 1 rings (SSSR count). The number of carboxylic acid groups (broad SMARTS) is 1. The first-order chi connectivity index (χ1) is 8.20. The fraction of sp³-hybridized carbons (Fsp3) is 0.357. The van der Waals surface area contributed by atoms with E-state index in [9.17, 15) is 15.0 Å². The van der Waals surface area contributed by atoms with Crippen molar-refractivity contribution < 1.29 is 15.0 Å². The summed E-state index contributed by atoms with van der Waals surface area (Å²) in [5.41, 5.74) is 1.41. The minimum atomic E-state index is -0.838. The number of aliphatic carboxylic acids is 1. The predicted molar refractivity (Wildman–Crippen MR) is 66.8 cm³/mol. The van der Waals surface area contributed by atoms with E-state index in [1.165, 1.54) is 0 Å². The van der Waals surface area contributed by atoms with E-state index < -0.39 is 11.9 Å². The van der Waals surface area contributed by atoms with Crippen molar-refractivity contribution in [2.24, 2.45) is 0 Å². The van der Waals surface area contributed by atoms with Gasteiger partial charge in [-0.05, 0) is 30.4 Å². The quantitative estimate of drug-likeness (QED) is 0.563. The van der Waals surface area contributed by atoms with Crippen molar-refractivity contribution in [2.75, 3.05) is 0 Å². The lowest BCUT2D eigenvalue weighted by Gasteiger charge is -2.15. The SMILES string of the molecule is C=CCCCC(C(=O)O)c1ccccc1CO. The van der Waals surface area contributed by atoms with Crippen LogP contribution < -0.4 is 0 Å². The summed E-state index contributed by atoms with van der Waals surface area (Å²) in [5, 5.41) is 18.5. The van der Waals surface area contributed by atoms with Gasteiger partial charge in [0.1, 0.15) is 0 Å². The summed E-state index contributed by atoms with van der Waals surface area (Å²) < 4.78 is 0. The molecule has 3 nitrogen and oxygen atoms in total. The summed E-state index contributed by atoms with van der Waals surface area (Å²) in [6, 6.07) is 7.15. The summed E-state index contributed by atoms with van der Waals surface area (Å²) in [6.45, 7) is 3.50. The van der Waals surface area contributed by atoms with Gasteiger partial charge in [0.25, 0.3) is 0 Å². The number of allylic oxidation sites excluding steroid dienone is 1. The molecule has 0 saturated carbocycles. The number of hydrogen-bond donors (Lipinski definition) is 2. The first-order valence-electron chi connectivity index (χ1n) is 5.73. The molecule has 0 spiro atoms. The van der Waals surface area contributed by atoms with E-state index in [4.69, 9.17) is 0 Å². The zero-order valence-corrected chi connectivity index (χ0v) is 9.80. The molecule has 92 valence electrons. The molecule has 17 heavy (non-hydrogen) atoms. The topological polar surface area (TPSA) is 57.5 Å². The first kappa shape index (κ1) is 13.5. The Hall–Kier alpha value is -1.61. The molecule has 0 saturated heterocycles. The molecule has 1 atom stereocenters. The average molecular weight is 234 g/mol. The highest BCUT2D eigenvalue weighted by atomic mass is 16.4. The van der Waals surface area contributed by atoms with Gasteiger partial charge in [0, 0.05) is 0 Å². The van der Waals surface area contributed by atoms with Crippen molar-refractivity contribution in [1.82, 2.24) is 0 Å². The maximum atomic E-state index is 11.3. The van der Waals surface area contributed by atoms with Crippen LogP contribution >= 0.6 is 0 Å². The third-order valence-corrected chi connectivity index (χ3v) is 2.80. The summed E-state index contributed by atoms with van der Waals surface area (Å²) in [7, 11) is 0. The average Bonchev–Trinajstić information content (AvgIpc) is 2.34. The van der Waals surface area contributed by atoms with Crippen molar-refractivity contribution in [3.8, 4) is 0 Å². The highest BCUT2D eigenvalue weighted by Crippen LogP contribution is 2.25. The lowest BCUT2D eigenvalue weighted by atomic mass is 9.90. The van der Waals surface area contributed by atoms with Crippen LogP contribution in [-0.2, 0) is 11.4 Å². The predicted octanol–water partition coefficient (Wildman–Crippen LogP) is 2.70. The molecule has 3 heteroatoms. The van der Waals surface area contributed by atoms with Crippen molar-refractivity contribution in [3.63, 3.8) is 0 Å². The molecule has 1 aromatic carbocycles. The zero-order chi connectivity index (χ0) is 12.7. The number of aliphatic hydroxyl groups excluding tert-OH is 1. The molecule has 1 unspecified atom stereocenters. The van der Waals surface area contributed by atoms with Crippen LogP contribution in [-0.4, -0.2) is 16.2 Å². The largest absolute Gasteiger partial charge is 0.481 e. The Bertz CT molecular complexity index is 385. The third kappa shape index (κ3) is 3.71. The second-order valence-corrected chi connectivity index (χ2v) is 3.97. The maximum Gasteiger partial charge on any atom is 0.310 e. The molecule has 1 aromatic rings. The molecule has 0 aliphatic carbocycles. The second-order valence-electron chi connectivity index (χ2n) is 3.97. The van der Waals surface area contributed by atoms with Gasteiger partial charge in [-0.2, -0.15) is 0 Å².